The molecule has 0 saturated carbocycles. The molecular weight excluding hydrogens is 352 g/mol. The Kier molecular flexibility index (Phi) is 5.97. The molecule has 2 rings (SSSR count). The van der Waals surface area contributed by atoms with Gasteiger partial charge in [0.05, 0.1) is 11.3 Å². The molecule has 0 aromatic heterocycles. The molecule has 0 spiro atoms. The quantitative estimate of drug-likeness (QED) is 0.803. The summed E-state index contributed by atoms with van der Waals surface area (Å²) in [5, 5.41) is 2.36. The van der Waals surface area contributed by atoms with Crippen molar-refractivity contribution in [2.24, 2.45) is 0 Å². The van der Waals surface area contributed by atoms with Gasteiger partial charge in [0.15, 0.2) is 0 Å². The number of carbonyl (C=O) groups is 2. The highest BCUT2D eigenvalue weighted by molar-refractivity contribution is 5.94. The van der Waals surface area contributed by atoms with Crippen molar-refractivity contribution in [2.45, 2.75) is 19.5 Å². The van der Waals surface area contributed by atoms with E-state index >= 15 is 0 Å². The van der Waals surface area contributed by atoms with Crippen LogP contribution < -0.4 is 10.2 Å². The molecule has 0 fully saturated rings. The number of nitrogens with one attached hydrogen (secondary N) is 1. The summed E-state index contributed by atoms with van der Waals surface area (Å²) >= 11 is 0. The van der Waals surface area contributed by atoms with Gasteiger partial charge in [-0.25, -0.2) is 4.39 Å². The lowest BCUT2D eigenvalue weighted by Crippen LogP contribution is -2.32. The van der Waals surface area contributed by atoms with Crippen molar-refractivity contribution in [3.63, 3.8) is 0 Å². The highest BCUT2D eigenvalue weighted by Gasteiger charge is 2.31. The molecule has 0 aliphatic carbocycles. The van der Waals surface area contributed by atoms with Crippen molar-refractivity contribution < 1.29 is 27.2 Å². The summed E-state index contributed by atoms with van der Waals surface area (Å²) in [5.41, 5.74) is -0.867. The van der Waals surface area contributed by atoms with Gasteiger partial charge in [0.1, 0.15) is 5.82 Å². The first-order chi connectivity index (χ1) is 12.2. The van der Waals surface area contributed by atoms with E-state index in [-0.39, 0.29) is 24.3 Å². The number of rotatable bonds is 5. The predicted molar refractivity (Wildman–Crippen MR) is 89.1 cm³/mol. The van der Waals surface area contributed by atoms with Crippen LogP contribution in [0.1, 0.15) is 18.9 Å². The van der Waals surface area contributed by atoms with Gasteiger partial charge >= 0.3 is 6.18 Å². The molecule has 0 aliphatic rings. The van der Waals surface area contributed by atoms with Crippen LogP contribution in [0.15, 0.2) is 48.5 Å². The zero-order valence-electron chi connectivity index (χ0n) is 13.8. The van der Waals surface area contributed by atoms with Crippen LogP contribution in [0, 0.1) is 5.82 Å². The Labute approximate surface area is 147 Å². The van der Waals surface area contributed by atoms with Crippen molar-refractivity contribution in [3.05, 3.63) is 59.9 Å². The van der Waals surface area contributed by atoms with E-state index in [1.165, 1.54) is 37.3 Å². The second-order valence-corrected chi connectivity index (χ2v) is 5.50. The van der Waals surface area contributed by atoms with Crippen molar-refractivity contribution in [1.29, 1.82) is 0 Å². The van der Waals surface area contributed by atoms with Crippen LogP contribution in [0.3, 0.4) is 0 Å². The second-order valence-electron chi connectivity index (χ2n) is 5.50. The zero-order chi connectivity index (χ0) is 19.3. The van der Waals surface area contributed by atoms with Crippen LogP contribution in [-0.2, 0) is 15.8 Å². The third-order valence-electron chi connectivity index (χ3n) is 3.58. The first kappa shape index (κ1) is 19.4. The van der Waals surface area contributed by atoms with Gasteiger partial charge in [-0.15, -0.1) is 0 Å². The van der Waals surface area contributed by atoms with E-state index in [0.717, 1.165) is 17.0 Å². The van der Waals surface area contributed by atoms with Gasteiger partial charge < -0.3 is 10.2 Å². The minimum Gasteiger partial charge on any atom is -0.324 e. The Morgan fingerprint density at radius 2 is 1.77 bits per heavy atom. The minimum absolute atomic E-state index is 0.00839. The van der Waals surface area contributed by atoms with Crippen molar-refractivity contribution in [2.75, 3.05) is 16.8 Å². The van der Waals surface area contributed by atoms with Gasteiger partial charge in [0.2, 0.25) is 11.8 Å². The van der Waals surface area contributed by atoms with Gasteiger partial charge in [-0.2, -0.15) is 13.2 Å². The van der Waals surface area contributed by atoms with Crippen LogP contribution in [0.2, 0.25) is 0 Å². The summed E-state index contributed by atoms with van der Waals surface area (Å²) in [6.45, 7) is 1.05. The normalized spacial score (nSPS) is 11.1. The summed E-state index contributed by atoms with van der Waals surface area (Å²) in [4.78, 5) is 24.8. The van der Waals surface area contributed by atoms with E-state index in [1.54, 1.807) is 6.07 Å². The van der Waals surface area contributed by atoms with Crippen molar-refractivity contribution in [1.82, 2.24) is 0 Å². The second kappa shape index (κ2) is 7.99. The van der Waals surface area contributed by atoms with E-state index in [2.05, 4.69) is 5.32 Å². The molecule has 4 nitrogen and oxygen atoms in total. The lowest BCUT2D eigenvalue weighted by atomic mass is 10.1. The first-order valence-corrected chi connectivity index (χ1v) is 7.68. The number of hydrogen-bond acceptors (Lipinski definition) is 2. The lowest BCUT2D eigenvalue weighted by Gasteiger charge is -2.22. The molecule has 8 heteroatoms. The van der Waals surface area contributed by atoms with E-state index in [1.807, 2.05) is 0 Å². The Hall–Kier alpha value is -2.90. The van der Waals surface area contributed by atoms with Gasteiger partial charge in [-0.1, -0.05) is 18.2 Å². The smallest absolute Gasteiger partial charge is 0.324 e. The molecule has 0 saturated heterocycles. The van der Waals surface area contributed by atoms with Gasteiger partial charge in [0, 0.05) is 25.6 Å². The highest BCUT2D eigenvalue weighted by atomic mass is 19.4. The Morgan fingerprint density at radius 3 is 2.38 bits per heavy atom. The molecule has 138 valence electrons. The molecule has 2 aromatic rings. The fourth-order valence-electron chi connectivity index (χ4n) is 2.31. The number of nitrogens with zero attached hydrogens (tertiary/aromatic N) is 1. The largest absolute Gasteiger partial charge is 0.416 e. The summed E-state index contributed by atoms with van der Waals surface area (Å²) < 4.78 is 52.0. The fraction of sp³-hybridized carbons (Fsp3) is 0.222. The van der Waals surface area contributed by atoms with Gasteiger partial charge in [0.25, 0.3) is 0 Å². The van der Waals surface area contributed by atoms with Crippen LogP contribution in [0.5, 0.6) is 0 Å². The van der Waals surface area contributed by atoms with Crippen LogP contribution in [0.4, 0.5) is 28.9 Å². The number of hydrogen-bond donors (Lipinski definition) is 1. The van der Waals surface area contributed by atoms with Crippen molar-refractivity contribution in [3.8, 4) is 0 Å². The third kappa shape index (κ3) is 5.05. The third-order valence-corrected chi connectivity index (χ3v) is 3.58. The Morgan fingerprint density at radius 1 is 1.08 bits per heavy atom. The highest BCUT2D eigenvalue weighted by Crippen LogP contribution is 2.31. The molecule has 26 heavy (non-hydrogen) atoms. The average Bonchev–Trinajstić information content (AvgIpc) is 2.56. The summed E-state index contributed by atoms with van der Waals surface area (Å²) in [5.74, 6) is -1.68. The monoisotopic (exact) mass is 368 g/mol. The number of alkyl halides is 3. The number of carbonyl (C=O) groups excluding carboxylic acids is 2. The van der Waals surface area contributed by atoms with Gasteiger partial charge in [-0.05, 0) is 30.3 Å². The maximum absolute atomic E-state index is 13.5. The van der Waals surface area contributed by atoms with E-state index in [4.69, 9.17) is 0 Å². The minimum atomic E-state index is -4.54. The lowest BCUT2D eigenvalue weighted by molar-refractivity contribution is -0.137. The number of para-hydroxylation sites is 1. The van der Waals surface area contributed by atoms with Crippen molar-refractivity contribution >= 4 is 23.2 Å². The Bertz CT molecular complexity index is 806. The molecular formula is C18H16F4N2O2. The van der Waals surface area contributed by atoms with Crippen LogP contribution >= 0.6 is 0 Å². The molecule has 0 heterocycles. The van der Waals surface area contributed by atoms with Crippen LogP contribution in [0.25, 0.3) is 0 Å². The number of halogens is 4. The SMILES string of the molecule is CC(=O)N(CCC(=O)Nc1ccccc1F)c1cccc(C(F)(F)F)c1. The number of benzene rings is 2. The molecule has 0 aliphatic heterocycles. The average molecular weight is 368 g/mol. The molecule has 2 amide bonds. The molecule has 0 bridgehead atoms. The first-order valence-electron chi connectivity index (χ1n) is 7.68. The number of amides is 2. The number of anilines is 2. The van der Waals surface area contributed by atoms with E-state index in [9.17, 15) is 27.2 Å². The predicted octanol–water partition coefficient (Wildman–Crippen LogP) is 4.23. The molecule has 0 atom stereocenters. The van der Waals surface area contributed by atoms with E-state index in [0.29, 0.717) is 0 Å². The molecule has 0 radical (unpaired) electrons. The summed E-state index contributed by atoms with van der Waals surface area (Å²) in [6, 6.07) is 9.85. The maximum atomic E-state index is 13.5. The standard InChI is InChI=1S/C18H16F4N2O2/c1-12(25)24(14-6-4-5-13(11-14)18(20,21)22)10-9-17(26)23-16-8-3-2-7-15(16)19/h2-8,11H,9-10H2,1H3,(H,23,26). The van der Waals surface area contributed by atoms with Gasteiger partial charge in [-0.3, -0.25) is 9.59 Å². The molecule has 1 N–H and O–H groups in total. The fourth-order valence-corrected chi connectivity index (χ4v) is 2.31. The molecule has 2 aromatic carbocycles. The van der Waals surface area contributed by atoms with Crippen LogP contribution in [-0.4, -0.2) is 18.4 Å². The maximum Gasteiger partial charge on any atom is 0.416 e. The Balaban J connectivity index is 2.08. The topological polar surface area (TPSA) is 49.4 Å². The zero-order valence-corrected chi connectivity index (χ0v) is 13.8. The summed E-state index contributed by atoms with van der Waals surface area (Å²) in [7, 11) is 0. The molecule has 0 unspecified atom stereocenters. The van der Waals surface area contributed by atoms with E-state index < -0.39 is 29.4 Å². The summed E-state index contributed by atoms with van der Waals surface area (Å²) in [6.07, 6.45) is -4.75.